The number of nitrogens with zero attached hydrogens (tertiary/aromatic N) is 2. The molecule has 0 radical (unpaired) electrons. The van der Waals surface area contributed by atoms with E-state index in [1.807, 2.05) is 49.3 Å². The number of nitriles is 1. The lowest BCUT2D eigenvalue weighted by atomic mass is 10.1. The lowest BCUT2D eigenvalue weighted by molar-refractivity contribution is -0.150. The highest BCUT2D eigenvalue weighted by atomic mass is 16.5. The fourth-order valence-electron chi connectivity index (χ4n) is 2.00. The van der Waals surface area contributed by atoms with Gasteiger partial charge in [0.05, 0.1) is 0 Å². The van der Waals surface area contributed by atoms with Gasteiger partial charge in [0.15, 0.2) is 6.10 Å². The maximum Gasteiger partial charge on any atom is 0.349 e. The molecule has 0 aliphatic heterocycles. The van der Waals surface area contributed by atoms with Gasteiger partial charge < -0.3 is 15.0 Å². The lowest BCUT2D eigenvalue weighted by Gasteiger charge is -2.13. The first-order chi connectivity index (χ1) is 11.4. The van der Waals surface area contributed by atoms with Crippen LogP contribution >= 0.6 is 0 Å². The largest absolute Gasteiger partial charge is 0.448 e. The number of rotatable bonds is 6. The molecule has 0 bridgehead atoms. The van der Waals surface area contributed by atoms with Crippen molar-refractivity contribution in [1.29, 1.82) is 5.26 Å². The van der Waals surface area contributed by atoms with Gasteiger partial charge in [0.2, 0.25) is 0 Å². The SMILES string of the molecule is C[C@@H](OC(=O)/C(C#N)=C/c1ccc(N(C)C)cc1)C(=O)NC1CC1. The number of benzene rings is 1. The van der Waals surface area contributed by atoms with Gasteiger partial charge in [-0.05, 0) is 43.5 Å². The zero-order chi connectivity index (χ0) is 17.7. The number of hydrogen-bond acceptors (Lipinski definition) is 5. The van der Waals surface area contributed by atoms with Crippen molar-refractivity contribution in [3.63, 3.8) is 0 Å². The molecule has 0 heterocycles. The monoisotopic (exact) mass is 327 g/mol. The van der Waals surface area contributed by atoms with Crippen LogP contribution in [0.1, 0.15) is 25.3 Å². The quantitative estimate of drug-likeness (QED) is 0.490. The molecule has 24 heavy (non-hydrogen) atoms. The van der Waals surface area contributed by atoms with Gasteiger partial charge in [0.25, 0.3) is 5.91 Å². The summed E-state index contributed by atoms with van der Waals surface area (Å²) in [6.07, 6.45) is 2.44. The third kappa shape index (κ3) is 4.85. The summed E-state index contributed by atoms with van der Waals surface area (Å²) < 4.78 is 5.08. The van der Waals surface area contributed by atoms with Gasteiger partial charge in [0, 0.05) is 25.8 Å². The van der Waals surface area contributed by atoms with Crippen molar-refractivity contribution in [3.8, 4) is 6.07 Å². The molecule has 1 fully saturated rings. The molecule has 1 aliphatic carbocycles. The normalized spacial score (nSPS) is 15.2. The number of carbonyl (C=O) groups excluding carboxylic acids is 2. The third-order valence-electron chi connectivity index (χ3n) is 3.64. The Bertz CT molecular complexity index is 682. The van der Waals surface area contributed by atoms with Crippen LogP contribution in [-0.4, -0.2) is 38.1 Å². The minimum absolute atomic E-state index is 0.140. The Balaban J connectivity index is 2.01. The number of anilines is 1. The zero-order valence-corrected chi connectivity index (χ0v) is 14.1. The van der Waals surface area contributed by atoms with E-state index in [0.717, 1.165) is 18.5 Å². The molecular weight excluding hydrogens is 306 g/mol. The third-order valence-corrected chi connectivity index (χ3v) is 3.64. The van der Waals surface area contributed by atoms with E-state index in [-0.39, 0.29) is 17.5 Å². The van der Waals surface area contributed by atoms with E-state index in [2.05, 4.69) is 5.32 Å². The van der Waals surface area contributed by atoms with E-state index in [0.29, 0.717) is 5.56 Å². The van der Waals surface area contributed by atoms with E-state index >= 15 is 0 Å². The molecule has 1 N–H and O–H groups in total. The Labute approximate surface area is 141 Å². The van der Waals surface area contributed by atoms with Crippen molar-refractivity contribution in [2.75, 3.05) is 19.0 Å². The number of carbonyl (C=O) groups is 2. The Hall–Kier alpha value is -2.81. The number of esters is 1. The zero-order valence-electron chi connectivity index (χ0n) is 14.1. The van der Waals surface area contributed by atoms with Crippen molar-refractivity contribution in [1.82, 2.24) is 5.32 Å². The van der Waals surface area contributed by atoms with E-state index in [1.54, 1.807) is 0 Å². The number of ether oxygens (including phenoxy) is 1. The Morgan fingerprint density at radius 3 is 2.46 bits per heavy atom. The first-order valence-electron chi connectivity index (χ1n) is 7.81. The minimum Gasteiger partial charge on any atom is -0.448 e. The Morgan fingerprint density at radius 2 is 1.96 bits per heavy atom. The summed E-state index contributed by atoms with van der Waals surface area (Å²) in [5.74, 6) is -1.13. The van der Waals surface area contributed by atoms with Crippen LogP contribution in [0.5, 0.6) is 0 Å². The Kier molecular flexibility index (Phi) is 5.59. The highest BCUT2D eigenvalue weighted by Crippen LogP contribution is 2.19. The van der Waals surface area contributed by atoms with Gasteiger partial charge in [-0.1, -0.05) is 12.1 Å². The van der Waals surface area contributed by atoms with Gasteiger partial charge in [-0.15, -0.1) is 0 Å². The first-order valence-corrected chi connectivity index (χ1v) is 7.81. The molecule has 0 saturated heterocycles. The summed E-state index contributed by atoms with van der Waals surface area (Å²) in [6.45, 7) is 1.50. The molecule has 1 saturated carbocycles. The average molecular weight is 327 g/mol. The molecule has 1 amide bonds. The van der Waals surface area contributed by atoms with Crippen LogP contribution < -0.4 is 10.2 Å². The minimum atomic E-state index is -0.925. The van der Waals surface area contributed by atoms with Gasteiger partial charge in [-0.3, -0.25) is 4.79 Å². The number of nitrogens with one attached hydrogen (secondary N) is 1. The highest BCUT2D eigenvalue weighted by Gasteiger charge is 2.27. The van der Waals surface area contributed by atoms with Crippen molar-refractivity contribution in [2.24, 2.45) is 0 Å². The predicted octanol–water partition coefficient (Wildman–Crippen LogP) is 1.87. The molecule has 0 aromatic heterocycles. The summed E-state index contributed by atoms with van der Waals surface area (Å²) >= 11 is 0. The fourth-order valence-corrected chi connectivity index (χ4v) is 2.00. The molecule has 1 aliphatic rings. The second kappa shape index (κ2) is 7.64. The van der Waals surface area contributed by atoms with Crippen molar-refractivity contribution < 1.29 is 14.3 Å². The van der Waals surface area contributed by atoms with Crippen LogP contribution in [0.25, 0.3) is 6.08 Å². The molecule has 2 rings (SSSR count). The van der Waals surface area contributed by atoms with Crippen LogP contribution in [0.4, 0.5) is 5.69 Å². The second-order valence-electron chi connectivity index (χ2n) is 5.99. The fraction of sp³-hybridized carbons (Fsp3) is 0.389. The summed E-state index contributed by atoms with van der Waals surface area (Å²) in [4.78, 5) is 25.8. The van der Waals surface area contributed by atoms with E-state index in [9.17, 15) is 14.9 Å². The molecule has 1 atom stereocenters. The Morgan fingerprint density at radius 1 is 1.33 bits per heavy atom. The van der Waals surface area contributed by atoms with Crippen LogP contribution in [0, 0.1) is 11.3 Å². The highest BCUT2D eigenvalue weighted by molar-refractivity contribution is 5.99. The van der Waals surface area contributed by atoms with Crippen LogP contribution in [0.2, 0.25) is 0 Å². The topological polar surface area (TPSA) is 82.4 Å². The van der Waals surface area contributed by atoms with Gasteiger partial charge >= 0.3 is 5.97 Å². The maximum absolute atomic E-state index is 12.1. The van der Waals surface area contributed by atoms with Crippen LogP contribution in [0.15, 0.2) is 29.8 Å². The summed E-state index contributed by atoms with van der Waals surface area (Å²) in [5.41, 5.74) is 1.58. The predicted molar refractivity (Wildman–Crippen MR) is 91.1 cm³/mol. The van der Waals surface area contributed by atoms with Gasteiger partial charge in [-0.25, -0.2) is 4.79 Å². The molecule has 1 aromatic carbocycles. The summed E-state index contributed by atoms with van der Waals surface area (Å²) in [6, 6.07) is 9.41. The average Bonchev–Trinajstić information content (AvgIpc) is 3.36. The van der Waals surface area contributed by atoms with Crippen molar-refractivity contribution in [3.05, 3.63) is 35.4 Å². The van der Waals surface area contributed by atoms with Gasteiger partial charge in [-0.2, -0.15) is 5.26 Å². The molecule has 6 nitrogen and oxygen atoms in total. The molecular formula is C18H21N3O3. The van der Waals surface area contributed by atoms with E-state index in [4.69, 9.17) is 4.74 Å². The second-order valence-corrected chi connectivity index (χ2v) is 5.99. The number of amides is 1. The standard InChI is InChI=1S/C18H21N3O3/c1-12(17(22)20-15-6-7-15)24-18(23)14(11-19)10-13-4-8-16(9-5-13)21(2)3/h4-5,8-10,12,15H,6-7H2,1-3H3,(H,20,22)/b14-10+/t12-/m1/s1. The maximum atomic E-state index is 12.1. The summed E-state index contributed by atoms with van der Waals surface area (Å²) in [5, 5.41) is 11.9. The first kappa shape index (κ1) is 17.5. The van der Waals surface area contributed by atoms with Crippen molar-refractivity contribution in [2.45, 2.75) is 31.9 Å². The van der Waals surface area contributed by atoms with E-state index < -0.39 is 12.1 Å². The van der Waals surface area contributed by atoms with Crippen LogP contribution in [-0.2, 0) is 14.3 Å². The lowest BCUT2D eigenvalue weighted by Crippen LogP contribution is -2.37. The molecule has 126 valence electrons. The van der Waals surface area contributed by atoms with Crippen LogP contribution in [0.3, 0.4) is 0 Å². The smallest absolute Gasteiger partial charge is 0.349 e. The van der Waals surface area contributed by atoms with Gasteiger partial charge in [0.1, 0.15) is 11.6 Å². The molecule has 0 spiro atoms. The molecule has 1 aromatic rings. The van der Waals surface area contributed by atoms with E-state index in [1.165, 1.54) is 13.0 Å². The molecule has 6 heteroatoms. The summed E-state index contributed by atoms with van der Waals surface area (Å²) in [7, 11) is 3.86. The number of hydrogen-bond donors (Lipinski definition) is 1. The molecule has 0 unspecified atom stereocenters. The van der Waals surface area contributed by atoms with Crippen molar-refractivity contribution >= 4 is 23.6 Å².